The van der Waals surface area contributed by atoms with E-state index in [0.717, 1.165) is 0 Å². The molecule has 1 heterocycles. The molecule has 5 atom stereocenters. The van der Waals surface area contributed by atoms with Gasteiger partial charge in [0.05, 0.1) is 25.4 Å². The predicted octanol–water partition coefficient (Wildman–Crippen LogP) is 0.689. The Morgan fingerprint density at radius 2 is 1.90 bits per heavy atom. The zero-order chi connectivity index (χ0) is 16.4. The van der Waals surface area contributed by atoms with E-state index in [1.807, 2.05) is 6.92 Å². The molecule has 6 nitrogen and oxygen atoms in total. The van der Waals surface area contributed by atoms with Crippen LogP contribution in [0, 0.1) is 11.8 Å². The van der Waals surface area contributed by atoms with Gasteiger partial charge in [-0.05, 0) is 18.1 Å². The molecular weight excluding hydrogens is 294 g/mol. The first-order chi connectivity index (χ1) is 10.0. The number of carbonyl (C=O) groups is 1. The summed E-state index contributed by atoms with van der Waals surface area (Å²) in [4.78, 5) is 11.3. The van der Waals surface area contributed by atoms with Crippen molar-refractivity contribution in [3.05, 3.63) is 0 Å². The fourth-order valence-corrected chi connectivity index (χ4v) is 2.50. The minimum absolute atomic E-state index is 0.0287. The summed E-state index contributed by atoms with van der Waals surface area (Å²) < 4.78 is 16.0. The number of hydrogen-bond acceptors (Lipinski definition) is 6. The first-order valence-electron chi connectivity index (χ1n) is 7.06. The second kappa shape index (κ2) is 11.3. The Kier molecular flexibility index (Phi) is 11.1. The molecule has 1 amide bonds. The molecule has 0 bridgehead atoms. The third-order valence-electron chi connectivity index (χ3n) is 3.77. The fraction of sp³-hybridized carbons (Fsp3) is 0.929. The third-order valence-corrected chi connectivity index (χ3v) is 3.77. The average Bonchev–Trinajstić information content (AvgIpc) is 2.48. The zero-order valence-electron chi connectivity index (χ0n) is 13.5. The van der Waals surface area contributed by atoms with Crippen LogP contribution < -0.4 is 5.32 Å². The molecule has 21 heavy (non-hydrogen) atoms. The third kappa shape index (κ3) is 6.52. The van der Waals surface area contributed by atoms with Gasteiger partial charge in [0.15, 0.2) is 0 Å². The largest absolute Gasteiger partial charge is 0.394 e. The molecule has 1 fully saturated rings. The van der Waals surface area contributed by atoms with Crippen molar-refractivity contribution >= 4 is 18.5 Å². The Morgan fingerprint density at radius 3 is 2.38 bits per heavy atom. The maximum Gasteiger partial charge on any atom is 0.217 e. The Morgan fingerprint density at radius 1 is 1.29 bits per heavy atom. The zero-order valence-corrected chi connectivity index (χ0v) is 14.4. The highest BCUT2D eigenvalue weighted by Gasteiger charge is 2.41. The quantitative estimate of drug-likeness (QED) is 0.381. The van der Waals surface area contributed by atoms with Gasteiger partial charge in [0.25, 0.3) is 0 Å². The van der Waals surface area contributed by atoms with Crippen molar-refractivity contribution in [2.45, 2.75) is 39.0 Å². The van der Waals surface area contributed by atoms with Gasteiger partial charge in [-0.1, -0.05) is 13.8 Å². The molecule has 0 radical (unpaired) electrons. The first-order valence-corrected chi connectivity index (χ1v) is 7.95. The van der Waals surface area contributed by atoms with Crippen molar-refractivity contribution < 1.29 is 24.1 Å². The molecule has 0 unspecified atom stereocenters. The van der Waals surface area contributed by atoms with Gasteiger partial charge in [-0.3, -0.25) is 4.79 Å². The Hall–Kier alpha value is -0.340. The molecule has 0 spiro atoms. The fourth-order valence-electron chi connectivity index (χ4n) is 2.50. The van der Waals surface area contributed by atoms with Crippen LogP contribution in [0.25, 0.3) is 0 Å². The molecule has 0 aliphatic carbocycles. The number of hydrogen-bond donors (Lipinski definition) is 3. The minimum atomic E-state index is -0.276. The molecule has 0 aromatic carbocycles. The number of nitrogens with one attached hydrogen (secondary N) is 1. The summed E-state index contributed by atoms with van der Waals surface area (Å²) in [6, 6.07) is -0.118. The minimum Gasteiger partial charge on any atom is -0.394 e. The highest BCUT2D eigenvalue weighted by Crippen LogP contribution is 2.30. The monoisotopic (exact) mass is 323 g/mol. The van der Waals surface area contributed by atoms with Crippen LogP contribution in [0.3, 0.4) is 0 Å². The standard InChI is InChI=1S/C13H25NO5.CH4S/c1-8-9(2)13(14-10(3)16)12(6-18-7-17-4)19-11(8)5-15;1-2/h8-9,11-13,15H,5-7H2,1-4H3,(H,14,16);2H,1H3/t8-,9+,11-,12+,13+;/m1./s1. The molecule has 0 aromatic heterocycles. The lowest BCUT2D eigenvalue weighted by molar-refractivity contribution is -0.170. The van der Waals surface area contributed by atoms with E-state index >= 15 is 0 Å². The van der Waals surface area contributed by atoms with Crippen molar-refractivity contribution in [2.24, 2.45) is 11.8 Å². The Labute approximate surface area is 132 Å². The smallest absolute Gasteiger partial charge is 0.217 e. The van der Waals surface area contributed by atoms with Crippen molar-refractivity contribution in [3.63, 3.8) is 0 Å². The van der Waals surface area contributed by atoms with Gasteiger partial charge in [-0.15, -0.1) is 0 Å². The van der Waals surface area contributed by atoms with E-state index in [1.165, 1.54) is 6.92 Å². The van der Waals surface area contributed by atoms with Crippen LogP contribution in [0.4, 0.5) is 0 Å². The number of methoxy groups -OCH3 is 1. The summed E-state index contributed by atoms with van der Waals surface area (Å²) in [5.74, 6) is 0.276. The Balaban J connectivity index is 0.00000191. The molecule has 1 aliphatic heterocycles. The lowest BCUT2D eigenvalue weighted by atomic mass is 9.80. The van der Waals surface area contributed by atoms with E-state index in [0.29, 0.717) is 6.61 Å². The molecule has 2 N–H and O–H groups in total. The van der Waals surface area contributed by atoms with Gasteiger partial charge in [0.2, 0.25) is 5.91 Å². The van der Waals surface area contributed by atoms with Crippen LogP contribution in [0.1, 0.15) is 20.8 Å². The molecule has 1 saturated heterocycles. The summed E-state index contributed by atoms with van der Waals surface area (Å²) in [7, 11) is 1.55. The average molecular weight is 323 g/mol. The summed E-state index contributed by atoms with van der Waals surface area (Å²) >= 11 is 3.53. The SMILES string of the molecule is COCOC[C@@H]1O[C@H](CO)[C@H](C)[C@H](C)[C@@H]1NC(C)=O.CS. The van der Waals surface area contributed by atoms with E-state index in [4.69, 9.17) is 14.2 Å². The van der Waals surface area contributed by atoms with E-state index < -0.39 is 0 Å². The van der Waals surface area contributed by atoms with Crippen molar-refractivity contribution in [1.82, 2.24) is 5.32 Å². The topological polar surface area (TPSA) is 77.0 Å². The van der Waals surface area contributed by atoms with Gasteiger partial charge in [0.1, 0.15) is 12.9 Å². The van der Waals surface area contributed by atoms with Crippen LogP contribution in [-0.2, 0) is 19.0 Å². The number of aliphatic hydroxyl groups is 1. The van der Waals surface area contributed by atoms with E-state index in [2.05, 4.69) is 24.9 Å². The summed E-state index contributed by atoms with van der Waals surface area (Å²) in [6.07, 6.45) is 1.19. The molecule has 126 valence electrons. The van der Waals surface area contributed by atoms with Gasteiger partial charge < -0.3 is 24.6 Å². The highest BCUT2D eigenvalue weighted by atomic mass is 32.1. The number of amides is 1. The highest BCUT2D eigenvalue weighted by molar-refractivity contribution is 7.79. The maximum absolute atomic E-state index is 11.3. The second-order valence-electron chi connectivity index (χ2n) is 5.12. The number of thiol groups is 1. The number of aliphatic hydroxyl groups excluding tert-OH is 1. The second-order valence-corrected chi connectivity index (χ2v) is 5.12. The van der Waals surface area contributed by atoms with Crippen molar-refractivity contribution in [1.29, 1.82) is 0 Å². The molecule has 0 aromatic rings. The van der Waals surface area contributed by atoms with Gasteiger partial charge in [-0.2, -0.15) is 12.6 Å². The molecular formula is C14H29NO5S. The van der Waals surface area contributed by atoms with Gasteiger partial charge >= 0.3 is 0 Å². The van der Waals surface area contributed by atoms with Crippen LogP contribution >= 0.6 is 12.6 Å². The van der Waals surface area contributed by atoms with Crippen molar-refractivity contribution in [3.8, 4) is 0 Å². The molecule has 1 rings (SSSR count). The lowest BCUT2D eigenvalue weighted by Gasteiger charge is -2.44. The van der Waals surface area contributed by atoms with E-state index in [9.17, 15) is 9.90 Å². The number of carbonyl (C=O) groups excluding carboxylic acids is 1. The summed E-state index contributed by atoms with van der Waals surface area (Å²) in [5, 5.41) is 12.3. The van der Waals surface area contributed by atoms with Crippen LogP contribution in [0.2, 0.25) is 0 Å². The lowest BCUT2D eigenvalue weighted by Crippen LogP contribution is -2.58. The van der Waals surface area contributed by atoms with Crippen LogP contribution in [-0.4, -0.2) is 62.6 Å². The van der Waals surface area contributed by atoms with Crippen LogP contribution in [0.5, 0.6) is 0 Å². The predicted molar refractivity (Wildman–Crippen MR) is 84.4 cm³/mol. The first kappa shape index (κ1) is 20.7. The van der Waals surface area contributed by atoms with Gasteiger partial charge in [0, 0.05) is 14.0 Å². The summed E-state index contributed by atoms with van der Waals surface area (Å²) in [6.45, 7) is 6.04. The van der Waals surface area contributed by atoms with Crippen LogP contribution in [0.15, 0.2) is 0 Å². The Bertz CT molecular complexity index is 293. The number of ether oxygens (including phenoxy) is 3. The molecule has 0 saturated carbocycles. The normalized spacial score (nSPS) is 32.0. The van der Waals surface area contributed by atoms with Crippen molar-refractivity contribution in [2.75, 3.05) is 33.4 Å². The molecule has 1 aliphatic rings. The van der Waals surface area contributed by atoms with E-state index in [1.54, 1.807) is 13.4 Å². The number of rotatable bonds is 6. The van der Waals surface area contributed by atoms with E-state index in [-0.39, 0.29) is 49.4 Å². The molecule has 7 heteroatoms. The summed E-state index contributed by atoms with van der Waals surface area (Å²) in [5.41, 5.74) is 0. The maximum atomic E-state index is 11.3. The van der Waals surface area contributed by atoms with Gasteiger partial charge in [-0.25, -0.2) is 0 Å².